The van der Waals surface area contributed by atoms with Gasteiger partial charge in [0.15, 0.2) is 0 Å². The first-order valence-corrected chi connectivity index (χ1v) is 9.70. The highest BCUT2D eigenvalue weighted by molar-refractivity contribution is 7.17. The lowest BCUT2D eigenvalue weighted by Gasteiger charge is -2.11. The Kier molecular flexibility index (Phi) is 5.87. The number of carbonyl (C=O) groups excluding carboxylic acids is 2. The van der Waals surface area contributed by atoms with E-state index in [2.05, 4.69) is 5.32 Å². The maximum absolute atomic E-state index is 12.5. The highest BCUT2D eigenvalue weighted by Crippen LogP contribution is 2.37. The van der Waals surface area contributed by atoms with Crippen LogP contribution >= 0.6 is 11.3 Å². The fourth-order valence-corrected chi connectivity index (χ4v) is 4.46. The smallest absolute Gasteiger partial charge is 0.341 e. The molecule has 0 spiro atoms. The zero-order valence-corrected chi connectivity index (χ0v) is 15.3. The summed E-state index contributed by atoms with van der Waals surface area (Å²) in [7, 11) is 0. The summed E-state index contributed by atoms with van der Waals surface area (Å²) in [5.74, 6) is -0.524. The Morgan fingerprint density at radius 1 is 1.08 bits per heavy atom. The summed E-state index contributed by atoms with van der Waals surface area (Å²) >= 11 is 1.53. The highest BCUT2D eigenvalue weighted by Gasteiger charge is 2.26. The standard InChI is InChI=1S/C20H23NO3S/c1-2-24-20(23)17-15-12-8-3-4-9-13-16(15)25-19(17)21-18(22)14-10-6-5-7-11-14/h5-7,10-11H,2-4,8-9,12-13H2,1H3,(H,21,22). The molecule has 0 aliphatic heterocycles. The maximum atomic E-state index is 12.5. The van der Waals surface area contributed by atoms with Gasteiger partial charge in [0.25, 0.3) is 5.91 Å². The van der Waals surface area contributed by atoms with E-state index in [1.54, 1.807) is 19.1 Å². The van der Waals surface area contributed by atoms with Crippen LogP contribution in [0.4, 0.5) is 5.00 Å². The van der Waals surface area contributed by atoms with Crippen LogP contribution in [0.5, 0.6) is 0 Å². The lowest BCUT2D eigenvalue weighted by molar-refractivity contribution is 0.0526. The molecule has 0 saturated carbocycles. The number of aryl methyl sites for hydroxylation is 1. The van der Waals surface area contributed by atoms with E-state index in [0.717, 1.165) is 31.2 Å². The van der Waals surface area contributed by atoms with Gasteiger partial charge in [-0.15, -0.1) is 11.3 Å². The van der Waals surface area contributed by atoms with Crippen molar-refractivity contribution >= 4 is 28.2 Å². The van der Waals surface area contributed by atoms with E-state index >= 15 is 0 Å². The summed E-state index contributed by atoms with van der Waals surface area (Å²) in [6.07, 6.45) is 6.44. The normalized spacial score (nSPS) is 14.1. The van der Waals surface area contributed by atoms with Crippen LogP contribution in [0.3, 0.4) is 0 Å². The minimum Gasteiger partial charge on any atom is -0.462 e. The molecule has 3 rings (SSSR count). The van der Waals surface area contributed by atoms with Gasteiger partial charge in [-0.2, -0.15) is 0 Å². The van der Waals surface area contributed by atoms with Gasteiger partial charge in [-0.25, -0.2) is 4.79 Å². The Bertz CT molecular complexity index is 752. The molecule has 0 atom stereocenters. The van der Waals surface area contributed by atoms with Gasteiger partial charge in [0.1, 0.15) is 5.00 Å². The molecule has 2 aromatic rings. The molecule has 0 unspecified atom stereocenters. The molecule has 4 nitrogen and oxygen atoms in total. The van der Waals surface area contributed by atoms with Gasteiger partial charge in [-0.1, -0.05) is 31.0 Å². The van der Waals surface area contributed by atoms with Gasteiger partial charge in [0, 0.05) is 10.4 Å². The number of benzene rings is 1. The van der Waals surface area contributed by atoms with Crippen LogP contribution < -0.4 is 5.32 Å². The third-order valence-corrected chi connectivity index (χ3v) is 5.62. The molecule has 1 aliphatic rings. The van der Waals surface area contributed by atoms with Gasteiger partial charge in [0.05, 0.1) is 12.2 Å². The zero-order valence-electron chi connectivity index (χ0n) is 14.5. The van der Waals surface area contributed by atoms with E-state index < -0.39 is 0 Å². The number of fused-ring (bicyclic) bond motifs is 1. The Balaban J connectivity index is 1.95. The first kappa shape index (κ1) is 17.7. The largest absolute Gasteiger partial charge is 0.462 e. The van der Waals surface area contributed by atoms with E-state index in [4.69, 9.17) is 4.74 Å². The molecule has 0 fully saturated rings. The van der Waals surface area contributed by atoms with Crippen molar-refractivity contribution in [2.75, 3.05) is 11.9 Å². The number of hydrogen-bond donors (Lipinski definition) is 1. The summed E-state index contributed by atoms with van der Waals surface area (Å²) in [5.41, 5.74) is 2.22. The van der Waals surface area contributed by atoms with Crippen molar-refractivity contribution in [2.24, 2.45) is 0 Å². The molecule has 1 aromatic carbocycles. The van der Waals surface area contributed by atoms with Crippen LogP contribution in [-0.2, 0) is 17.6 Å². The van der Waals surface area contributed by atoms with Crippen LogP contribution in [-0.4, -0.2) is 18.5 Å². The minimum absolute atomic E-state index is 0.194. The third kappa shape index (κ3) is 4.10. The number of ether oxygens (including phenoxy) is 1. The Hall–Kier alpha value is -2.14. The van der Waals surface area contributed by atoms with Crippen molar-refractivity contribution < 1.29 is 14.3 Å². The molecule has 1 aromatic heterocycles. The average molecular weight is 357 g/mol. The van der Waals surface area contributed by atoms with Gasteiger partial charge in [0.2, 0.25) is 0 Å². The Labute approximate surface area is 152 Å². The molecule has 0 saturated heterocycles. The fraction of sp³-hybridized carbons (Fsp3) is 0.400. The van der Waals surface area contributed by atoms with E-state index in [-0.39, 0.29) is 11.9 Å². The Morgan fingerprint density at radius 2 is 1.80 bits per heavy atom. The second-order valence-corrected chi connectivity index (χ2v) is 7.27. The second-order valence-electron chi connectivity index (χ2n) is 6.16. The molecule has 1 aliphatic carbocycles. The predicted octanol–water partition coefficient (Wildman–Crippen LogP) is 4.84. The molecule has 1 heterocycles. The summed E-state index contributed by atoms with van der Waals surface area (Å²) in [5, 5.41) is 3.57. The number of carbonyl (C=O) groups is 2. The average Bonchev–Trinajstić information content (AvgIpc) is 2.92. The molecule has 1 amide bonds. The number of nitrogens with one attached hydrogen (secondary N) is 1. The predicted molar refractivity (Wildman–Crippen MR) is 101 cm³/mol. The minimum atomic E-state index is -0.330. The van der Waals surface area contributed by atoms with Crippen molar-refractivity contribution in [1.82, 2.24) is 0 Å². The zero-order chi connectivity index (χ0) is 17.6. The lowest BCUT2D eigenvalue weighted by Crippen LogP contribution is -2.15. The van der Waals surface area contributed by atoms with Crippen molar-refractivity contribution in [3.8, 4) is 0 Å². The summed E-state index contributed by atoms with van der Waals surface area (Å²) in [6.45, 7) is 2.13. The molecule has 5 heteroatoms. The molecule has 0 bridgehead atoms. The fourth-order valence-electron chi connectivity index (χ4n) is 3.19. The summed E-state index contributed by atoms with van der Waals surface area (Å²) in [4.78, 5) is 26.3. The molecule has 132 valence electrons. The van der Waals surface area contributed by atoms with Gasteiger partial charge in [-0.3, -0.25) is 4.79 Å². The van der Waals surface area contributed by atoms with Gasteiger partial charge in [-0.05, 0) is 50.3 Å². The first-order chi connectivity index (χ1) is 12.2. The number of rotatable bonds is 4. The number of anilines is 1. The van der Waals surface area contributed by atoms with E-state index in [0.29, 0.717) is 22.7 Å². The van der Waals surface area contributed by atoms with E-state index in [1.807, 2.05) is 18.2 Å². The van der Waals surface area contributed by atoms with Crippen molar-refractivity contribution in [2.45, 2.75) is 45.4 Å². The van der Waals surface area contributed by atoms with Crippen molar-refractivity contribution in [3.05, 3.63) is 51.9 Å². The van der Waals surface area contributed by atoms with Crippen LogP contribution in [0.15, 0.2) is 30.3 Å². The number of thiophene rings is 1. The topological polar surface area (TPSA) is 55.4 Å². The van der Waals surface area contributed by atoms with E-state index in [9.17, 15) is 9.59 Å². The van der Waals surface area contributed by atoms with Crippen LogP contribution in [0.1, 0.15) is 63.8 Å². The van der Waals surface area contributed by atoms with Crippen LogP contribution in [0.2, 0.25) is 0 Å². The second kappa shape index (κ2) is 8.30. The molecule has 25 heavy (non-hydrogen) atoms. The summed E-state index contributed by atoms with van der Waals surface area (Å²) < 4.78 is 5.27. The molecular formula is C20H23NO3S. The number of esters is 1. The molecular weight excluding hydrogens is 334 g/mol. The highest BCUT2D eigenvalue weighted by atomic mass is 32.1. The lowest BCUT2D eigenvalue weighted by atomic mass is 9.96. The van der Waals surface area contributed by atoms with E-state index in [1.165, 1.54) is 29.1 Å². The summed E-state index contributed by atoms with van der Waals surface area (Å²) in [6, 6.07) is 9.06. The maximum Gasteiger partial charge on any atom is 0.341 e. The molecule has 0 radical (unpaired) electrons. The quantitative estimate of drug-likeness (QED) is 0.797. The number of hydrogen-bond acceptors (Lipinski definition) is 4. The van der Waals surface area contributed by atoms with Crippen molar-refractivity contribution in [1.29, 1.82) is 0 Å². The molecule has 1 N–H and O–H groups in total. The SMILES string of the molecule is CCOC(=O)c1c(NC(=O)c2ccccc2)sc2c1CCCCCC2. The number of amides is 1. The van der Waals surface area contributed by atoms with Crippen LogP contribution in [0, 0.1) is 0 Å². The Morgan fingerprint density at radius 3 is 2.52 bits per heavy atom. The van der Waals surface area contributed by atoms with Crippen molar-refractivity contribution in [3.63, 3.8) is 0 Å². The van der Waals surface area contributed by atoms with Crippen LogP contribution in [0.25, 0.3) is 0 Å². The third-order valence-electron chi connectivity index (χ3n) is 4.41. The van der Waals surface area contributed by atoms with Gasteiger partial charge >= 0.3 is 5.97 Å². The van der Waals surface area contributed by atoms with Gasteiger partial charge < -0.3 is 10.1 Å². The monoisotopic (exact) mass is 357 g/mol. The first-order valence-electron chi connectivity index (χ1n) is 8.88.